The van der Waals surface area contributed by atoms with E-state index in [0.717, 1.165) is 51.8 Å². The van der Waals surface area contributed by atoms with Gasteiger partial charge in [-0.15, -0.1) is 0 Å². The standard InChI is InChI=1S/C67H76N2O13/c1-38(29-54(72)39(2)68-62(78)43(23-26-58(75)81-64(3,4)5)32-59(76)79-37-52-49-17-10-8-15-47(49)48-16-9-11-18-50(48)52)61(77)69-45-14-12-13-41(31-45)30-40-19-21-42(22-20-40)63-80-57-34-53-51-25-24-44-33-46(71)27-28-65(44,6)60(51)55(73)35-66(53,7)67(57,82-63)56(74)36-70/h8-22,27-28,31,33,38-39,43,51-53,55,57,60,63,70,73H,23-26,29-30,32,34-37H2,1-7H3,(H,68,78)(H,69,77)/t38-,39+,43-,51+,53+,55+,57-,60-,63-,65+,66+,67-/m1/s1. The third kappa shape index (κ3) is 11.2. The molecule has 4 aromatic rings. The number of esters is 2. The number of ether oxygens (including phenoxy) is 4. The summed E-state index contributed by atoms with van der Waals surface area (Å²) in [7, 11) is 0. The van der Waals surface area contributed by atoms with Crippen LogP contribution in [0.5, 0.6) is 0 Å². The molecule has 2 amide bonds. The first-order valence-corrected chi connectivity index (χ1v) is 29.0. The number of ketones is 3. The van der Waals surface area contributed by atoms with Crippen molar-refractivity contribution in [3.63, 3.8) is 0 Å². The number of benzene rings is 4. The Hall–Kier alpha value is -6.91. The number of anilines is 1. The molecule has 15 nitrogen and oxygen atoms in total. The number of nitrogens with one attached hydrogen (secondary N) is 2. The van der Waals surface area contributed by atoms with Gasteiger partial charge in [0.25, 0.3) is 0 Å². The van der Waals surface area contributed by atoms with E-state index in [9.17, 15) is 43.8 Å². The van der Waals surface area contributed by atoms with E-state index < -0.39 is 94.6 Å². The van der Waals surface area contributed by atoms with E-state index >= 15 is 0 Å². The lowest BCUT2D eigenvalue weighted by Gasteiger charge is -2.59. The Morgan fingerprint density at radius 1 is 0.841 bits per heavy atom. The first-order chi connectivity index (χ1) is 39.0. The number of amides is 2. The number of hydrogen-bond donors (Lipinski definition) is 4. The van der Waals surface area contributed by atoms with Crippen molar-refractivity contribution >= 4 is 46.8 Å². The lowest BCUT2D eigenvalue weighted by Crippen LogP contribution is -2.63. The van der Waals surface area contributed by atoms with E-state index in [4.69, 9.17) is 18.9 Å². The molecule has 1 aliphatic heterocycles. The summed E-state index contributed by atoms with van der Waals surface area (Å²) in [5, 5.41) is 28.1. The van der Waals surface area contributed by atoms with Gasteiger partial charge in [0, 0.05) is 58.6 Å². The predicted octanol–water partition coefficient (Wildman–Crippen LogP) is 9.40. The Bertz CT molecular complexity index is 3190. The van der Waals surface area contributed by atoms with Crippen LogP contribution in [0.15, 0.2) is 121 Å². The highest BCUT2D eigenvalue weighted by Gasteiger charge is 2.76. The number of carbonyl (C=O) groups is 7. The van der Waals surface area contributed by atoms with E-state index in [0.29, 0.717) is 24.1 Å². The third-order valence-corrected chi connectivity index (χ3v) is 18.7. The van der Waals surface area contributed by atoms with Crippen molar-refractivity contribution in [2.75, 3.05) is 18.5 Å². The average Bonchev–Trinajstić information content (AvgIpc) is 1.55. The van der Waals surface area contributed by atoms with Crippen LogP contribution in [0.1, 0.15) is 140 Å². The molecule has 10 rings (SSSR count). The topological polar surface area (TPSA) is 221 Å². The highest BCUT2D eigenvalue weighted by atomic mass is 16.7. The molecule has 5 aliphatic carbocycles. The largest absolute Gasteiger partial charge is 0.465 e. The first-order valence-electron chi connectivity index (χ1n) is 29.0. The van der Waals surface area contributed by atoms with Gasteiger partial charge < -0.3 is 39.8 Å². The maximum absolute atomic E-state index is 14.1. The van der Waals surface area contributed by atoms with Crippen LogP contribution >= 0.6 is 0 Å². The van der Waals surface area contributed by atoms with E-state index in [1.165, 1.54) is 6.92 Å². The molecule has 4 aromatic carbocycles. The second-order valence-corrected chi connectivity index (χ2v) is 25.2. The van der Waals surface area contributed by atoms with Gasteiger partial charge in [-0.1, -0.05) is 117 Å². The number of allylic oxidation sites excluding steroid dienone is 4. The molecule has 0 radical (unpaired) electrons. The molecule has 15 heteroatoms. The number of Topliss-reactive ketones (excluding diaryl/α,β-unsaturated/α-hetero) is 2. The van der Waals surface area contributed by atoms with Gasteiger partial charge >= 0.3 is 11.9 Å². The summed E-state index contributed by atoms with van der Waals surface area (Å²) in [6.07, 6.45) is 5.15. The van der Waals surface area contributed by atoms with Crippen molar-refractivity contribution in [3.8, 4) is 11.1 Å². The second kappa shape index (κ2) is 23.0. The van der Waals surface area contributed by atoms with Gasteiger partial charge in [0.15, 0.2) is 29.2 Å². The van der Waals surface area contributed by atoms with Crippen LogP contribution in [0.2, 0.25) is 0 Å². The van der Waals surface area contributed by atoms with Crippen molar-refractivity contribution in [2.45, 2.75) is 148 Å². The van der Waals surface area contributed by atoms with Gasteiger partial charge in [0.1, 0.15) is 18.8 Å². The molecule has 1 heterocycles. The molecular formula is C67H76N2O13. The fourth-order valence-electron chi connectivity index (χ4n) is 14.8. The Morgan fingerprint density at radius 2 is 1.54 bits per heavy atom. The maximum atomic E-state index is 14.1. The van der Waals surface area contributed by atoms with E-state index in [2.05, 4.69) is 17.6 Å². The number of aliphatic hydroxyl groups is 2. The van der Waals surface area contributed by atoms with Crippen LogP contribution in [-0.4, -0.2) is 94.0 Å². The summed E-state index contributed by atoms with van der Waals surface area (Å²) in [6, 6.07) is 30.0. The van der Waals surface area contributed by atoms with Crippen LogP contribution in [0.25, 0.3) is 11.1 Å². The maximum Gasteiger partial charge on any atom is 0.306 e. The van der Waals surface area contributed by atoms with E-state index in [1.54, 1.807) is 45.9 Å². The van der Waals surface area contributed by atoms with Crippen LogP contribution < -0.4 is 10.6 Å². The minimum Gasteiger partial charge on any atom is -0.465 e. The molecule has 0 spiro atoms. The number of fused-ring (bicyclic) bond motifs is 10. The Morgan fingerprint density at radius 3 is 2.22 bits per heavy atom. The molecule has 82 heavy (non-hydrogen) atoms. The summed E-state index contributed by atoms with van der Waals surface area (Å²) >= 11 is 0. The van der Waals surface area contributed by atoms with E-state index in [1.807, 2.05) is 104 Å². The molecule has 4 N–H and O–H groups in total. The smallest absolute Gasteiger partial charge is 0.306 e. The SMILES string of the molecule is C[C@H](CC(=O)[C@H](C)NC(=O)[C@H](CCC(=O)OC(C)(C)C)CC(=O)OCC1c2ccccc2-c2ccccc21)C(=O)Nc1cccc(Cc2ccc([C@@H]3O[C@@H]4C[C@H]5[C@@H]6CCC7=CC(=O)C=C[C@]7(C)[C@H]6[C@@H](O)C[C@]5(C)[C@]4(C(=O)CO)O3)cc2)c1. The molecule has 432 valence electrons. The van der Waals surface area contributed by atoms with Gasteiger partial charge in [-0.25, -0.2) is 0 Å². The summed E-state index contributed by atoms with van der Waals surface area (Å²) in [6.45, 7) is 11.9. The van der Waals surface area contributed by atoms with Crippen LogP contribution in [0.4, 0.5) is 5.69 Å². The summed E-state index contributed by atoms with van der Waals surface area (Å²) in [5.41, 5.74) is 4.88. The molecule has 4 fully saturated rings. The van der Waals surface area contributed by atoms with Crippen molar-refractivity contribution in [1.29, 1.82) is 0 Å². The van der Waals surface area contributed by atoms with Crippen LogP contribution in [0, 0.1) is 40.4 Å². The third-order valence-electron chi connectivity index (χ3n) is 18.7. The van der Waals surface area contributed by atoms with Gasteiger partial charge in [-0.05, 0) is 136 Å². The average molecular weight is 1120 g/mol. The van der Waals surface area contributed by atoms with Crippen LogP contribution in [-0.2, 0) is 58.9 Å². The summed E-state index contributed by atoms with van der Waals surface area (Å²) < 4.78 is 24.8. The molecule has 0 unspecified atom stereocenters. The van der Waals surface area contributed by atoms with Crippen molar-refractivity contribution in [2.24, 2.45) is 40.4 Å². The molecule has 0 bridgehead atoms. The second-order valence-electron chi connectivity index (χ2n) is 25.2. The fraction of sp³-hybridized carbons (Fsp3) is 0.478. The lowest BCUT2D eigenvalue weighted by molar-refractivity contribution is -0.201. The van der Waals surface area contributed by atoms with Gasteiger partial charge in [0.05, 0.1) is 24.7 Å². The molecular weight excluding hydrogens is 1040 g/mol. The summed E-state index contributed by atoms with van der Waals surface area (Å²) in [4.78, 5) is 93.7. The van der Waals surface area contributed by atoms with Crippen molar-refractivity contribution in [3.05, 3.63) is 149 Å². The van der Waals surface area contributed by atoms with Crippen molar-refractivity contribution < 1.29 is 62.7 Å². The highest BCUT2D eigenvalue weighted by Crippen LogP contribution is 2.70. The molecule has 12 atom stereocenters. The number of aliphatic hydroxyl groups excluding tert-OH is 2. The highest BCUT2D eigenvalue weighted by molar-refractivity contribution is 6.01. The molecule has 0 aromatic heterocycles. The number of rotatable bonds is 19. The normalized spacial score (nSPS) is 27.9. The predicted molar refractivity (Wildman–Crippen MR) is 305 cm³/mol. The Labute approximate surface area is 479 Å². The molecule has 3 saturated carbocycles. The minimum absolute atomic E-state index is 0.0196. The lowest BCUT2D eigenvalue weighted by atomic mass is 9.46. The zero-order valence-electron chi connectivity index (χ0n) is 47.9. The van der Waals surface area contributed by atoms with E-state index in [-0.39, 0.29) is 73.9 Å². The number of hydrogen-bond acceptors (Lipinski definition) is 13. The van der Waals surface area contributed by atoms with Crippen molar-refractivity contribution in [1.82, 2.24) is 5.32 Å². The first kappa shape index (κ1) is 58.3. The van der Waals surface area contributed by atoms with Gasteiger partial charge in [-0.3, -0.25) is 33.6 Å². The van der Waals surface area contributed by atoms with Gasteiger partial charge in [0.2, 0.25) is 11.8 Å². The zero-order chi connectivity index (χ0) is 58.5. The summed E-state index contributed by atoms with van der Waals surface area (Å²) in [5.74, 6) is -5.07. The monoisotopic (exact) mass is 1120 g/mol. The number of carbonyl (C=O) groups excluding carboxylic acids is 7. The quantitative estimate of drug-likeness (QED) is 0.0644. The minimum atomic E-state index is -1.46. The van der Waals surface area contributed by atoms with Gasteiger partial charge in [-0.2, -0.15) is 0 Å². The fourth-order valence-corrected chi connectivity index (χ4v) is 14.8. The zero-order valence-corrected chi connectivity index (χ0v) is 47.9. The Kier molecular flexibility index (Phi) is 16.4. The Balaban J connectivity index is 0.726. The molecule has 6 aliphatic rings. The van der Waals surface area contributed by atoms with Crippen LogP contribution in [0.3, 0.4) is 0 Å². The molecule has 1 saturated heterocycles.